The molecule has 1 aromatic carbocycles. The van der Waals surface area contributed by atoms with Gasteiger partial charge in [-0.25, -0.2) is 9.97 Å². The largest absolute Gasteiger partial charge is 0.382 e. The third-order valence-corrected chi connectivity index (χ3v) is 3.58. The van der Waals surface area contributed by atoms with E-state index < -0.39 is 0 Å². The summed E-state index contributed by atoms with van der Waals surface area (Å²) in [6.45, 7) is 3.00. The number of rotatable bonds is 2. The van der Waals surface area contributed by atoms with Crippen molar-refractivity contribution in [1.82, 2.24) is 14.9 Å². The molecule has 1 aliphatic heterocycles. The summed E-state index contributed by atoms with van der Waals surface area (Å²) in [6, 6.07) is 10.2. The zero-order chi connectivity index (χ0) is 14.7. The number of aromatic nitrogens is 2. The fourth-order valence-electron chi connectivity index (χ4n) is 2.42. The van der Waals surface area contributed by atoms with Crippen LogP contribution in [-0.2, 0) is 0 Å². The van der Waals surface area contributed by atoms with E-state index in [1.807, 2.05) is 18.2 Å². The molecule has 2 aromatic rings. The number of benzene rings is 1. The van der Waals surface area contributed by atoms with E-state index in [0.717, 1.165) is 13.1 Å². The number of nitrogens with two attached hydrogens (primary N) is 1. The van der Waals surface area contributed by atoms with Crippen LogP contribution in [0.25, 0.3) is 0 Å². The average Bonchev–Trinajstić information content (AvgIpc) is 2.56. The topological polar surface area (TPSA) is 75.3 Å². The minimum atomic E-state index is -0.0878. The van der Waals surface area contributed by atoms with Gasteiger partial charge in [0.1, 0.15) is 11.5 Å². The average molecular weight is 283 g/mol. The van der Waals surface area contributed by atoms with E-state index >= 15 is 0 Å². The predicted molar refractivity (Wildman–Crippen MR) is 81.0 cm³/mol. The summed E-state index contributed by atoms with van der Waals surface area (Å²) >= 11 is 0. The normalized spacial score (nSPS) is 15.0. The first kappa shape index (κ1) is 13.4. The molecule has 0 aliphatic carbocycles. The van der Waals surface area contributed by atoms with Crippen molar-refractivity contribution in [3.63, 3.8) is 0 Å². The molecular formula is C15H17N5O. The molecule has 2 N–H and O–H groups in total. The predicted octanol–water partition coefficient (Wildman–Crippen LogP) is 1.02. The number of nitrogen functional groups attached to an aromatic ring is 1. The van der Waals surface area contributed by atoms with Crippen molar-refractivity contribution in [3.8, 4) is 0 Å². The lowest BCUT2D eigenvalue weighted by Crippen LogP contribution is -2.49. The number of hydrogen-bond donors (Lipinski definition) is 1. The molecular weight excluding hydrogens is 266 g/mol. The van der Waals surface area contributed by atoms with E-state index in [0.29, 0.717) is 24.6 Å². The molecule has 1 fully saturated rings. The van der Waals surface area contributed by atoms with Gasteiger partial charge in [-0.2, -0.15) is 0 Å². The van der Waals surface area contributed by atoms with Gasteiger partial charge >= 0.3 is 0 Å². The molecule has 0 saturated carbocycles. The molecule has 0 bridgehead atoms. The Hall–Kier alpha value is -2.63. The summed E-state index contributed by atoms with van der Waals surface area (Å²) in [5, 5.41) is 0. The minimum absolute atomic E-state index is 0.0878. The van der Waals surface area contributed by atoms with E-state index in [9.17, 15) is 4.79 Å². The highest BCUT2D eigenvalue weighted by molar-refractivity contribution is 5.92. The Labute approximate surface area is 123 Å². The zero-order valence-electron chi connectivity index (χ0n) is 11.6. The SMILES string of the molecule is Nc1cnc(C(=O)N2CCN(c3ccccc3)CC2)cn1. The van der Waals surface area contributed by atoms with Gasteiger partial charge in [-0.05, 0) is 12.1 Å². The summed E-state index contributed by atoms with van der Waals surface area (Å²) in [6.07, 6.45) is 2.84. The molecule has 3 rings (SSSR count). The van der Waals surface area contributed by atoms with Gasteiger partial charge < -0.3 is 15.5 Å². The summed E-state index contributed by atoms with van der Waals surface area (Å²) in [7, 11) is 0. The molecule has 0 unspecified atom stereocenters. The van der Waals surface area contributed by atoms with Gasteiger partial charge in [0.25, 0.3) is 5.91 Å². The van der Waals surface area contributed by atoms with E-state index in [-0.39, 0.29) is 5.91 Å². The third kappa shape index (κ3) is 2.94. The summed E-state index contributed by atoms with van der Waals surface area (Å²) in [5.41, 5.74) is 7.02. The number of para-hydroxylation sites is 1. The van der Waals surface area contributed by atoms with Crippen LogP contribution < -0.4 is 10.6 Å². The Bertz CT molecular complexity index is 606. The number of hydrogen-bond acceptors (Lipinski definition) is 5. The third-order valence-electron chi connectivity index (χ3n) is 3.58. The van der Waals surface area contributed by atoms with E-state index in [1.165, 1.54) is 18.1 Å². The van der Waals surface area contributed by atoms with Crippen LogP contribution in [0.1, 0.15) is 10.5 Å². The first-order valence-corrected chi connectivity index (χ1v) is 6.91. The fourth-order valence-corrected chi connectivity index (χ4v) is 2.42. The molecule has 1 saturated heterocycles. The van der Waals surface area contributed by atoms with Crippen molar-refractivity contribution in [3.05, 3.63) is 48.4 Å². The molecule has 108 valence electrons. The lowest BCUT2D eigenvalue weighted by atomic mass is 10.2. The fraction of sp³-hybridized carbons (Fsp3) is 0.267. The molecule has 1 aromatic heterocycles. The Morgan fingerprint density at radius 1 is 1.00 bits per heavy atom. The Morgan fingerprint density at radius 2 is 1.71 bits per heavy atom. The van der Waals surface area contributed by atoms with Crippen LogP contribution in [0.3, 0.4) is 0 Å². The number of carbonyl (C=O) groups is 1. The maximum absolute atomic E-state index is 12.3. The summed E-state index contributed by atoms with van der Waals surface area (Å²) in [5.74, 6) is 0.232. The lowest BCUT2D eigenvalue weighted by molar-refractivity contribution is 0.0740. The van der Waals surface area contributed by atoms with Crippen LogP contribution in [0.4, 0.5) is 11.5 Å². The Kier molecular flexibility index (Phi) is 3.68. The number of anilines is 2. The van der Waals surface area contributed by atoms with Crippen LogP contribution >= 0.6 is 0 Å². The van der Waals surface area contributed by atoms with Gasteiger partial charge in [0, 0.05) is 31.9 Å². The molecule has 21 heavy (non-hydrogen) atoms. The highest BCUT2D eigenvalue weighted by Gasteiger charge is 2.23. The van der Waals surface area contributed by atoms with Crippen molar-refractivity contribution in [2.45, 2.75) is 0 Å². The number of piperazine rings is 1. The van der Waals surface area contributed by atoms with Gasteiger partial charge in [0.15, 0.2) is 0 Å². The van der Waals surface area contributed by atoms with Gasteiger partial charge in [-0.1, -0.05) is 18.2 Å². The second kappa shape index (κ2) is 5.78. The van der Waals surface area contributed by atoms with E-state index in [4.69, 9.17) is 5.73 Å². The first-order valence-electron chi connectivity index (χ1n) is 6.91. The molecule has 0 spiro atoms. The maximum Gasteiger partial charge on any atom is 0.274 e. The minimum Gasteiger partial charge on any atom is -0.382 e. The molecule has 6 nitrogen and oxygen atoms in total. The maximum atomic E-state index is 12.3. The second-order valence-electron chi connectivity index (χ2n) is 4.94. The second-order valence-corrected chi connectivity index (χ2v) is 4.94. The van der Waals surface area contributed by atoms with Crippen molar-refractivity contribution >= 4 is 17.4 Å². The summed E-state index contributed by atoms with van der Waals surface area (Å²) < 4.78 is 0. The van der Waals surface area contributed by atoms with Gasteiger partial charge in [0.05, 0.1) is 12.4 Å². The molecule has 0 radical (unpaired) electrons. The first-order chi connectivity index (χ1) is 10.2. The van der Waals surface area contributed by atoms with Crippen LogP contribution in [0.15, 0.2) is 42.7 Å². The van der Waals surface area contributed by atoms with Crippen LogP contribution in [0, 0.1) is 0 Å². The molecule has 0 atom stereocenters. The van der Waals surface area contributed by atoms with Crippen LogP contribution in [0.5, 0.6) is 0 Å². The molecule has 2 heterocycles. The highest BCUT2D eigenvalue weighted by atomic mass is 16.2. The van der Waals surface area contributed by atoms with Crippen molar-refractivity contribution < 1.29 is 4.79 Å². The molecule has 1 amide bonds. The quantitative estimate of drug-likeness (QED) is 0.890. The monoisotopic (exact) mass is 283 g/mol. The highest BCUT2D eigenvalue weighted by Crippen LogP contribution is 2.16. The molecule has 1 aliphatic rings. The number of nitrogens with zero attached hydrogens (tertiary/aromatic N) is 4. The van der Waals surface area contributed by atoms with Crippen molar-refractivity contribution in [1.29, 1.82) is 0 Å². The van der Waals surface area contributed by atoms with Gasteiger partial charge in [0.2, 0.25) is 0 Å². The Balaban J connectivity index is 1.63. The number of amides is 1. The Morgan fingerprint density at radius 3 is 2.33 bits per heavy atom. The van der Waals surface area contributed by atoms with Crippen LogP contribution in [-0.4, -0.2) is 47.0 Å². The van der Waals surface area contributed by atoms with E-state index in [1.54, 1.807) is 4.90 Å². The number of carbonyl (C=O) groups excluding carboxylic acids is 1. The van der Waals surface area contributed by atoms with Crippen LogP contribution in [0.2, 0.25) is 0 Å². The summed E-state index contributed by atoms with van der Waals surface area (Å²) in [4.78, 5) is 24.4. The standard InChI is InChI=1S/C15H17N5O/c16-14-11-17-13(10-18-14)15(21)20-8-6-19(7-9-20)12-4-2-1-3-5-12/h1-5,10-11H,6-9H2,(H2,16,18). The van der Waals surface area contributed by atoms with E-state index in [2.05, 4.69) is 27.0 Å². The zero-order valence-corrected chi connectivity index (χ0v) is 11.6. The van der Waals surface area contributed by atoms with Gasteiger partial charge in [-0.15, -0.1) is 0 Å². The smallest absolute Gasteiger partial charge is 0.274 e. The van der Waals surface area contributed by atoms with Gasteiger partial charge in [-0.3, -0.25) is 4.79 Å². The van der Waals surface area contributed by atoms with Crippen molar-refractivity contribution in [2.24, 2.45) is 0 Å². The van der Waals surface area contributed by atoms with Crippen molar-refractivity contribution in [2.75, 3.05) is 36.8 Å². The molecule has 6 heteroatoms. The lowest BCUT2D eigenvalue weighted by Gasteiger charge is -2.35.